The third-order valence-corrected chi connectivity index (χ3v) is 1.44. The van der Waals surface area contributed by atoms with Crippen molar-refractivity contribution in [2.24, 2.45) is 5.73 Å². The SMILES string of the molecule is NCC[C@@H](O)C(O)[C@H](O)CO. The van der Waals surface area contributed by atoms with Crippen LogP contribution in [0, 0.1) is 0 Å². The Hall–Kier alpha value is -0.200. The topological polar surface area (TPSA) is 107 Å². The van der Waals surface area contributed by atoms with Crippen LogP contribution < -0.4 is 5.73 Å². The van der Waals surface area contributed by atoms with Crippen molar-refractivity contribution < 1.29 is 20.4 Å². The molecule has 0 bridgehead atoms. The Morgan fingerprint density at radius 1 is 1.09 bits per heavy atom. The van der Waals surface area contributed by atoms with E-state index in [1.807, 2.05) is 0 Å². The first-order chi connectivity index (χ1) is 5.13. The van der Waals surface area contributed by atoms with E-state index in [0.717, 1.165) is 0 Å². The van der Waals surface area contributed by atoms with Gasteiger partial charge in [-0.05, 0) is 13.0 Å². The van der Waals surface area contributed by atoms with Crippen molar-refractivity contribution in [3.8, 4) is 0 Å². The standard InChI is InChI=1S/C6H15NO4/c7-2-1-4(9)6(11)5(10)3-8/h4-6,8-11H,1-3,7H2/t4-,5-,6?/m1/s1. The smallest absolute Gasteiger partial charge is 0.108 e. The Morgan fingerprint density at radius 3 is 2.00 bits per heavy atom. The van der Waals surface area contributed by atoms with Crippen LogP contribution in [0.5, 0.6) is 0 Å². The first-order valence-electron chi connectivity index (χ1n) is 3.48. The largest absolute Gasteiger partial charge is 0.394 e. The van der Waals surface area contributed by atoms with Gasteiger partial charge in [0.15, 0.2) is 0 Å². The van der Waals surface area contributed by atoms with Crippen LogP contribution in [-0.4, -0.2) is 51.9 Å². The van der Waals surface area contributed by atoms with E-state index in [1.54, 1.807) is 0 Å². The zero-order valence-corrected chi connectivity index (χ0v) is 6.22. The van der Waals surface area contributed by atoms with Gasteiger partial charge in [0, 0.05) is 0 Å². The van der Waals surface area contributed by atoms with Crippen LogP contribution in [-0.2, 0) is 0 Å². The van der Waals surface area contributed by atoms with Gasteiger partial charge < -0.3 is 26.2 Å². The number of aliphatic hydroxyl groups excluding tert-OH is 4. The second-order valence-corrected chi connectivity index (χ2v) is 2.39. The third-order valence-electron chi connectivity index (χ3n) is 1.44. The van der Waals surface area contributed by atoms with Crippen LogP contribution in [0.3, 0.4) is 0 Å². The molecular weight excluding hydrogens is 150 g/mol. The quantitative estimate of drug-likeness (QED) is 0.307. The van der Waals surface area contributed by atoms with Crippen molar-refractivity contribution in [1.29, 1.82) is 0 Å². The first-order valence-corrected chi connectivity index (χ1v) is 3.48. The molecule has 6 N–H and O–H groups in total. The molecule has 68 valence electrons. The molecule has 0 spiro atoms. The monoisotopic (exact) mass is 165 g/mol. The molecule has 0 aliphatic rings. The molecule has 11 heavy (non-hydrogen) atoms. The van der Waals surface area contributed by atoms with Gasteiger partial charge in [0.05, 0.1) is 12.7 Å². The summed E-state index contributed by atoms with van der Waals surface area (Å²) in [5.41, 5.74) is 5.09. The van der Waals surface area contributed by atoms with Crippen LogP contribution in [0.15, 0.2) is 0 Å². The second kappa shape index (κ2) is 5.45. The van der Waals surface area contributed by atoms with Gasteiger partial charge in [0.2, 0.25) is 0 Å². The maximum atomic E-state index is 9.02. The molecule has 1 unspecified atom stereocenters. The molecule has 0 amide bonds. The molecule has 5 nitrogen and oxygen atoms in total. The van der Waals surface area contributed by atoms with Gasteiger partial charge in [0.1, 0.15) is 12.2 Å². The Labute approximate surface area is 65.1 Å². The van der Waals surface area contributed by atoms with E-state index in [0.29, 0.717) is 0 Å². The van der Waals surface area contributed by atoms with Crippen molar-refractivity contribution in [1.82, 2.24) is 0 Å². The van der Waals surface area contributed by atoms with E-state index in [4.69, 9.17) is 26.2 Å². The summed E-state index contributed by atoms with van der Waals surface area (Å²) < 4.78 is 0. The average Bonchev–Trinajstić information content (AvgIpc) is 2.02. The Bertz CT molecular complexity index is 101. The van der Waals surface area contributed by atoms with E-state index in [-0.39, 0.29) is 13.0 Å². The summed E-state index contributed by atoms with van der Waals surface area (Å²) in [6.45, 7) is -0.334. The van der Waals surface area contributed by atoms with Gasteiger partial charge in [-0.1, -0.05) is 0 Å². The minimum Gasteiger partial charge on any atom is -0.394 e. The van der Waals surface area contributed by atoms with Crippen molar-refractivity contribution in [2.45, 2.75) is 24.7 Å². The lowest BCUT2D eigenvalue weighted by atomic mass is 10.1. The van der Waals surface area contributed by atoms with Gasteiger partial charge >= 0.3 is 0 Å². The van der Waals surface area contributed by atoms with Gasteiger partial charge in [-0.2, -0.15) is 0 Å². The molecule has 0 radical (unpaired) electrons. The summed E-state index contributed by atoms with van der Waals surface area (Å²) in [5.74, 6) is 0. The number of hydrogen-bond acceptors (Lipinski definition) is 5. The zero-order valence-electron chi connectivity index (χ0n) is 6.22. The lowest BCUT2D eigenvalue weighted by Crippen LogP contribution is -2.40. The zero-order chi connectivity index (χ0) is 8.85. The van der Waals surface area contributed by atoms with Crippen LogP contribution in [0.25, 0.3) is 0 Å². The predicted octanol–water partition coefficient (Wildman–Crippen LogP) is -2.59. The highest BCUT2D eigenvalue weighted by Gasteiger charge is 2.22. The Morgan fingerprint density at radius 2 is 1.64 bits per heavy atom. The molecule has 0 aromatic rings. The van der Waals surface area contributed by atoms with Gasteiger partial charge in [0.25, 0.3) is 0 Å². The minimum atomic E-state index is -1.32. The molecule has 0 aromatic heterocycles. The number of nitrogens with two attached hydrogens (primary N) is 1. The number of rotatable bonds is 5. The van der Waals surface area contributed by atoms with E-state index >= 15 is 0 Å². The van der Waals surface area contributed by atoms with Crippen LogP contribution in [0.4, 0.5) is 0 Å². The predicted molar refractivity (Wildman–Crippen MR) is 38.8 cm³/mol. The summed E-state index contributed by atoms with van der Waals surface area (Å²) in [7, 11) is 0. The lowest BCUT2D eigenvalue weighted by molar-refractivity contribution is -0.0773. The molecule has 0 rings (SSSR count). The Kier molecular flexibility index (Phi) is 5.35. The third kappa shape index (κ3) is 3.64. The van der Waals surface area contributed by atoms with Gasteiger partial charge in [-0.25, -0.2) is 0 Å². The van der Waals surface area contributed by atoms with E-state index in [9.17, 15) is 0 Å². The minimum absolute atomic E-state index is 0.207. The maximum absolute atomic E-state index is 9.02. The summed E-state index contributed by atoms with van der Waals surface area (Å²) in [5, 5.41) is 35.2. The van der Waals surface area contributed by atoms with E-state index < -0.39 is 24.9 Å². The van der Waals surface area contributed by atoms with Crippen LogP contribution >= 0.6 is 0 Å². The van der Waals surface area contributed by atoms with E-state index in [1.165, 1.54) is 0 Å². The molecule has 0 aliphatic heterocycles. The van der Waals surface area contributed by atoms with E-state index in [2.05, 4.69) is 0 Å². The van der Waals surface area contributed by atoms with Crippen molar-refractivity contribution in [3.05, 3.63) is 0 Å². The van der Waals surface area contributed by atoms with Gasteiger partial charge in [-0.3, -0.25) is 0 Å². The fourth-order valence-electron chi connectivity index (χ4n) is 0.706. The van der Waals surface area contributed by atoms with Crippen LogP contribution in [0.2, 0.25) is 0 Å². The summed E-state index contributed by atoms with van der Waals surface area (Å²) in [4.78, 5) is 0. The molecule has 0 saturated carbocycles. The maximum Gasteiger partial charge on any atom is 0.108 e. The van der Waals surface area contributed by atoms with Crippen molar-refractivity contribution in [3.63, 3.8) is 0 Å². The fraction of sp³-hybridized carbons (Fsp3) is 1.00. The normalized spacial score (nSPS) is 19.4. The number of hydrogen-bond donors (Lipinski definition) is 5. The highest BCUT2D eigenvalue weighted by Crippen LogP contribution is 2.02. The molecule has 0 saturated heterocycles. The van der Waals surface area contributed by atoms with Gasteiger partial charge in [-0.15, -0.1) is 0 Å². The Balaban J connectivity index is 3.70. The van der Waals surface area contributed by atoms with Crippen LogP contribution in [0.1, 0.15) is 6.42 Å². The molecule has 3 atom stereocenters. The highest BCUT2D eigenvalue weighted by molar-refractivity contribution is 4.74. The first kappa shape index (κ1) is 10.8. The lowest BCUT2D eigenvalue weighted by Gasteiger charge is -2.20. The molecule has 0 fully saturated rings. The molecular formula is C6H15NO4. The summed E-state index contributed by atoms with van der Waals surface area (Å²) in [6.07, 6.45) is -3.47. The number of aliphatic hydroxyl groups is 4. The second-order valence-electron chi connectivity index (χ2n) is 2.39. The molecule has 0 aliphatic carbocycles. The molecule has 5 heteroatoms. The highest BCUT2D eigenvalue weighted by atomic mass is 16.4. The summed E-state index contributed by atoms with van der Waals surface area (Å²) in [6, 6.07) is 0. The summed E-state index contributed by atoms with van der Waals surface area (Å²) >= 11 is 0. The average molecular weight is 165 g/mol. The molecule has 0 heterocycles. The van der Waals surface area contributed by atoms with Crippen molar-refractivity contribution >= 4 is 0 Å². The molecule has 0 aromatic carbocycles. The fourth-order valence-corrected chi connectivity index (χ4v) is 0.706. The van der Waals surface area contributed by atoms with Crippen molar-refractivity contribution in [2.75, 3.05) is 13.2 Å².